The maximum absolute atomic E-state index is 10.7. The van der Waals surface area contributed by atoms with Crippen molar-refractivity contribution < 1.29 is 0 Å². The van der Waals surface area contributed by atoms with Gasteiger partial charge in [0.05, 0.1) is 56.4 Å². The maximum Gasteiger partial charge on any atom is 0.0998 e. The van der Waals surface area contributed by atoms with Crippen LogP contribution in [0.3, 0.4) is 0 Å². The smallest absolute Gasteiger partial charge is 0.0998 e. The van der Waals surface area contributed by atoms with Crippen molar-refractivity contribution in [1.29, 1.82) is 10.5 Å². The number of hydrogen-bond donors (Lipinski definition) is 0. The lowest BCUT2D eigenvalue weighted by Gasteiger charge is -2.14. The van der Waals surface area contributed by atoms with Crippen LogP contribution >= 0.6 is 0 Å². The van der Waals surface area contributed by atoms with Crippen molar-refractivity contribution in [3.63, 3.8) is 0 Å². The molecule has 0 radical (unpaired) electrons. The SMILES string of the molecule is N#Cc1ccc2c(c1)c1ccc(-n3c4ccccc4c4ccccc43)cc1n2-c1ccc(-c2cccc(-n3c4ccccc4c4ccccc43)c2)c(C#N)c1. The van der Waals surface area contributed by atoms with Crippen molar-refractivity contribution in [1.82, 2.24) is 13.7 Å². The molecule has 11 aromatic rings. The van der Waals surface area contributed by atoms with Gasteiger partial charge in [0.2, 0.25) is 0 Å². The van der Waals surface area contributed by atoms with E-state index in [9.17, 15) is 10.5 Å². The second-order valence-electron chi connectivity index (χ2n) is 14.0. The van der Waals surface area contributed by atoms with Gasteiger partial charge in [0.1, 0.15) is 0 Å². The topological polar surface area (TPSA) is 62.4 Å². The number of benzene rings is 8. The Bertz CT molecular complexity index is 3360. The Kier molecular flexibility index (Phi) is 6.61. The third-order valence-corrected chi connectivity index (χ3v) is 11.1. The van der Waals surface area contributed by atoms with E-state index in [1.807, 2.05) is 24.3 Å². The minimum Gasteiger partial charge on any atom is -0.309 e. The van der Waals surface area contributed by atoms with Gasteiger partial charge in [-0.1, -0.05) is 97.1 Å². The van der Waals surface area contributed by atoms with Crippen molar-refractivity contribution in [2.75, 3.05) is 0 Å². The molecule has 0 spiro atoms. The summed E-state index contributed by atoms with van der Waals surface area (Å²) in [7, 11) is 0. The summed E-state index contributed by atoms with van der Waals surface area (Å²) >= 11 is 0. The zero-order chi connectivity index (χ0) is 36.6. The molecule has 0 aliphatic carbocycles. The van der Waals surface area contributed by atoms with Crippen LogP contribution < -0.4 is 0 Å². The highest BCUT2D eigenvalue weighted by atomic mass is 15.0. The normalized spacial score (nSPS) is 11.6. The van der Waals surface area contributed by atoms with Gasteiger partial charge in [-0.25, -0.2) is 0 Å². The first-order chi connectivity index (χ1) is 27.2. The minimum absolute atomic E-state index is 0.582. The van der Waals surface area contributed by atoms with E-state index in [0.717, 1.165) is 72.1 Å². The van der Waals surface area contributed by atoms with Gasteiger partial charge in [-0.3, -0.25) is 0 Å². The molecule has 5 heteroatoms. The van der Waals surface area contributed by atoms with E-state index in [1.54, 1.807) is 0 Å². The molecule has 0 aliphatic heterocycles. The van der Waals surface area contributed by atoms with E-state index in [0.29, 0.717) is 11.1 Å². The molecule has 0 fully saturated rings. The quantitative estimate of drug-likeness (QED) is 0.184. The second-order valence-corrected chi connectivity index (χ2v) is 14.0. The van der Waals surface area contributed by atoms with E-state index in [2.05, 4.69) is 177 Å². The molecule has 0 saturated heterocycles. The van der Waals surface area contributed by atoms with Crippen molar-refractivity contribution >= 4 is 65.4 Å². The lowest BCUT2D eigenvalue weighted by atomic mass is 9.99. The van der Waals surface area contributed by atoms with E-state index in [1.165, 1.54) is 21.5 Å². The van der Waals surface area contributed by atoms with Crippen LogP contribution in [0.5, 0.6) is 0 Å². The molecular weight excluding hydrogens is 671 g/mol. The number of nitrogens with zero attached hydrogens (tertiary/aromatic N) is 5. The van der Waals surface area contributed by atoms with Crippen LogP contribution in [0.1, 0.15) is 11.1 Å². The highest BCUT2D eigenvalue weighted by Crippen LogP contribution is 2.39. The zero-order valence-corrected chi connectivity index (χ0v) is 29.5. The Balaban J connectivity index is 1.10. The van der Waals surface area contributed by atoms with Crippen LogP contribution in [0.15, 0.2) is 176 Å². The monoisotopic (exact) mass is 699 g/mol. The number of nitriles is 2. The first kappa shape index (κ1) is 30.7. The maximum atomic E-state index is 10.7. The molecular formula is C50H29N5. The summed E-state index contributed by atoms with van der Waals surface area (Å²) in [5, 5.41) is 27.4. The third-order valence-electron chi connectivity index (χ3n) is 11.1. The van der Waals surface area contributed by atoms with Crippen LogP contribution in [0, 0.1) is 22.7 Å². The van der Waals surface area contributed by atoms with Crippen LogP contribution in [-0.2, 0) is 0 Å². The summed E-state index contributed by atoms with van der Waals surface area (Å²) < 4.78 is 6.85. The van der Waals surface area contributed by atoms with Crippen LogP contribution in [0.4, 0.5) is 0 Å². The summed E-state index contributed by atoms with van der Waals surface area (Å²) in [4.78, 5) is 0. The standard InChI is InChI=1S/C50H29N5/c51-30-32-20-25-49-44(26-32)43-24-22-37(54-47-18-7-3-14-41(47)42-15-4-8-19-48(42)54)29-50(43)55(49)36-21-23-38(34(28-36)31-52)33-10-9-11-35(27-33)53-45-16-5-1-12-39(45)40-13-2-6-17-46(40)53/h1-29H. The molecule has 0 saturated carbocycles. The molecule has 0 atom stereocenters. The highest BCUT2D eigenvalue weighted by Gasteiger charge is 2.19. The molecule has 0 bridgehead atoms. The molecule has 254 valence electrons. The Morgan fingerprint density at radius 3 is 1.40 bits per heavy atom. The van der Waals surface area contributed by atoms with Gasteiger partial charge in [0, 0.05) is 49.4 Å². The average Bonchev–Trinajstić information content (AvgIpc) is 3.88. The van der Waals surface area contributed by atoms with Crippen LogP contribution in [0.2, 0.25) is 0 Å². The molecule has 8 aromatic carbocycles. The van der Waals surface area contributed by atoms with Crippen molar-refractivity contribution in [3.8, 4) is 40.3 Å². The second kappa shape index (κ2) is 11.8. The lowest BCUT2D eigenvalue weighted by molar-refractivity contribution is 1.15. The Hall–Kier alpha value is -7.86. The van der Waals surface area contributed by atoms with E-state index in [-0.39, 0.29) is 0 Å². The van der Waals surface area contributed by atoms with Crippen LogP contribution in [-0.4, -0.2) is 13.7 Å². The number of hydrogen-bond acceptors (Lipinski definition) is 2. The Morgan fingerprint density at radius 2 is 0.818 bits per heavy atom. The van der Waals surface area contributed by atoms with Gasteiger partial charge >= 0.3 is 0 Å². The molecule has 0 unspecified atom stereocenters. The summed E-state index contributed by atoms with van der Waals surface area (Å²) in [6.07, 6.45) is 0. The summed E-state index contributed by atoms with van der Waals surface area (Å²) in [6.45, 7) is 0. The third kappa shape index (κ3) is 4.51. The number of rotatable bonds is 4. The fourth-order valence-electron chi connectivity index (χ4n) is 8.73. The average molecular weight is 700 g/mol. The van der Waals surface area contributed by atoms with E-state index < -0.39 is 0 Å². The van der Waals surface area contributed by atoms with Gasteiger partial charge in [0.25, 0.3) is 0 Å². The molecule has 55 heavy (non-hydrogen) atoms. The molecule has 0 N–H and O–H groups in total. The van der Waals surface area contributed by atoms with Crippen LogP contribution in [0.25, 0.3) is 93.6 Å². The molecule has 0 aliphatic rings. The van der Waals surface area contributed by atoms with E-state index >= 15 is 0 Å². The summed E-state index contributed by atoms with van der Waals surface area (Å²) in [5.41, 5.74) is 12.5. The van der Waals surface area contributed by atoms with E-state index in [4.69, 9.17) is 0 Å². The fourth-order valence-corrected chi connectivity index (χ4v) is 8.73. The van der Waals surface area contributed by atoms with Gasteiger partial charge in [-0.05, 0) is 90.0 Å². The summed E-state index contributed by atoms with van der Waals surface area (Å²) in [5.74, 6) is 0. The molecule has 0 amide bonds. The predicted molar refractivity (Wildman–Crippen MR) is 224 cm³/mol. The number of aromatic nitrogens is 3. The molecule has 5 nitrogen and oxygen atoms in total. The van der Waals surface area contributed by atoms with Gasteiger partial charge in [-0.15, -0.1) is 0 Å². The highest BCUT2D eigenvalue weighted by molar-refractivity contribution is 6.12. The van der Waals surface area contributed by atoms with Crippen molar-refractivity contribution in [2.45, 2.75) is 0 Å². The number of para-hydroxylation sites is 4. The molecule has 3 heterocycles. The van der Waals surface area contributed by atoms with Gasteiger partial charge in [-0.2, -0.15) is 10.5 Å². The lowest BCUT2D eigenvalue weighted by Crippen LogP contribution is -1.98. The minimum atomic E-state index is 0.582. The largest absolute Gasteiger partial charge is 0.309 e. The molecule has 3 aromatic heterocycles. The van der Waals surface area contributed by atoms with Crippen molar-refractivity contribution in [3.05, 3.63) is 187 Å². The van der Waals surface area contributed by atoms with Gasteiger partial charge in [0.15, 0.2) is 0 Å². The Labute approximate surface area is 316 Å². The Morgan fingerprint density at radius 1 is 0.327 bits per heavy atom. The fraction of sp³-hybridized carbons (Fsp3) is 0. The molecule has 11 rings (SSSR count). The summed E-state index contributed by atoms with van der Waals surface area (Å²) in [6, 6.07) is 65.9. The first-order valence-corrected chi connectivity index (χ1v) is 18.3. The van der Waals surface area contributed by atoms with Crippen molar-refractivity contribution in [2.24, 2.45) is 0 Å². The zero-order valence-electron chi connectivity index (χ0n) is 29.5. The predicted octanol–water partition coefficient (Wildman–Crippen LogP) is 12.4. The number of fused-ring (bicyclic) bond motifs is 9. The first-order valence-electron chi connectivity index (χ1n) is 18.3. The van der Waals surface area contributed by atoms with Gasteiger partial charge < -0.3 is 13.7 Å².